The first-order chi connectivity index (χ1) is 12.0. The van der Waals surface area contributed by atoms with Crippen molar-refractivity contribution in [2.45, 2.75) is 25.7 Å². The molecule has 1 atom stereocenters. The first-order valence-corrected chi connectivity index (χ1v) is 8.84. The minimum Gasteiger partial charge on any atom is -0.310 e. The van der Waals surface area contributed by atoms with Crippen LogP contribution in [0.1, 0.15) is 30.1 Å². The van der Waals surface area contributed by atoms with E-state index in [0.717, 1.165) is 43.0 Å². The second kappa shape index (κ2) is 6.28. The van der Waals surface area contributed by atoms with E-state index in [1.165, 1.54) is 0 Å². The lowest BCUT2D eigenvalue weighted by molar-refractivity contribution is 0.246. The van der Waals surface area contributed by atoms with Crippen molar-refractivity contribution in [1.82, 2.24) is 24.6 Å². The van der Waals surface area contributed by atoms with Crippen LogP contribution in [0.3, 0.4) is 0 Å². The lowest BCUT2D eigenvalue weighted by Gasteiger charge is -2.28. The molecule has 0 bridgehead atoms. The van der Waals surface area contributed by atoms with Crippen LogP contribution in [0.25, 0.3) is 16.7 Å². The molecule has 25 heavy (non-hydrogen) atoms. The van der Waals surface area contributed by atoms with Crippen LogP contribution in [-0.4, -0.2) is 44.8 Å². The maximum absolute atomic E-state index is 12.5. The van der Waals surface area contributed by atoms with E-state index < -0.39 is 0 Å². The summed E-state index contributed by atoms with van der Waals surface area (Å²) < 4.78 is 1.70. The highest BCUT2D eigenvalue weighted by Crippen LogP contribution is 2.24. The van der Waals surface area contributed by atoms with E-state index in [-0.39, 0.29) is 11.5 Å². The first kappa shape index (κ1) is 16.3. The van der Waals surface area contributed by atoms with Gasteiger partial charge in [0.05, 0.1) is 5.69 Å². The average Bonchev–Trinajstić information content (AvgIpc) is 2.99. The maximum Gasteiger partial charge on any atom is 0.262 e. The van der Waals surface area contributed by atoms with E-state index in [1.807, 2.05) is 25.1 Å². The normalized spacial score (nSPS) is 18.8. The molecule has 1 fully saturated rings. The molecule has 1 unspecified atom stereocenters. The highest BCUT2D eigenvalue weighted by molar-refractivity contribution is 6.30. The Morgan fingerprint density at radius 3 is 2.96 bits per heavy atom. The molecule has 0 saturated carbocycles. The van der Waals surface area contributed by atoms with Gasteiger partial charge in [0.15, 0.2) is 5.65 Å². The number of aryl methyl sites for hydroxylation is 1. The number of likely N-dealkylation sites (N-methyl/N-ethyl adjacent to an activating group) is 1. The number of nitrogens with one attached hydrogen (secondary N) is 1. The molecule has 2 aromatic heterocycles. The molecule has 0 radical (unpaired) electrons. The van der Waals surface area contributed by atoms with Crippen LogP contribution in [0.4, 0.5) is 0 Å². The summed E-state index contributed by atoms with van der Waals surface area (Å²) in [5.74, 6) is 0.986. The van der Waals surface area contributed by atoms with Crippen molar-refractivity contribution >= 4 is 22.6 Å². The molecular formula is C18H20ClN5O. The Morgan fingerprint density at radius 2 is 2.20 bits per heavy atom. The minimum atomic E-state index is -0.133. The molecule has 1 aromatic carbocycles. The minimum absolute atomic E-state index is 0.133. The molecule has 0 amide bonds. The topological polar surface area (TPSA) is 66.8 Å². The summed E-state index contributed by atoms with van der Waals surface area (Å²) in [5, 5.41) is 5.72. The van der Waals surface area contributed by atoms with Crippen molar-refractivity contribution in [3.05, 3.63) is 51.2 Å². The standard InChI is InChI=1S/C18H20ClN5O/c1-11-8-13(19)5-6-15(11)24-10-14-17(22-24)20-16(21-18(14)25)12-4-3-7-23(2)9-12/h5-6,8,10,12H,3-4,7,9H2,1-2H3,(H,20,21,22,25). The zero-order chi connectivity index (χ0) is 17.6. The monoisotopic (exact) mass is 357 g/mol. The number of piperidine rings is 1. The van der Waals surface area contributed by atoms with Gasteiger partial charge in [0.2, 0.25) is 0 Å². The molecule has 1 aliphatic rings. The van der Waals surface area contributed by atoms with Crippen molar-refractivity contribution < 1.29 is 0 Å². The van der Waals surface area contributed by atoms with Gasteiger partial charge in [0, 0.05) is 23.7 Å². The summed E-state index contributed by atoms with van der Waals surface area (Å²) in [6.07, 6.45) is 3.88. The fourth-order valence-electron chi connectivity index (χ4n) is 3.52. The fraction of sp³-hybridized carbons (Fsp3) is 0.389. The zero-order valence-electron chi connectivity index (χ0n) is 14.3. The van der Waals surface area contributed by atoms with Crippen LogP contribution in [0, 0.1) is 6.92 Å². The summed E-state index contributed by atoms with van der Waals surface area (Å²) in [6.45, 7) is 3.97. The van der Waals surface area contributed by atoms with Crippen LogP contribution < -0.4 is 5.56 Å². The number of hydrogen-bond donors (Lipinski definition) is 1. The van der Waals surface area contributed by atoms with Crippen LogP contribution >= 0.6 is 11.6 Å². The van der Waals surface area contributed by atoms with Gasteiger partial charge in [-0.3, -0.25) is 4.79 Å². The van der Waals surface area contributed by atoms with Crippen LogP contribution in [0.15, 0.2) is 29.2 Å². The Hall–Kier alpha value is -2.18. The van der Waals surface area contributed by atoms with E-state index in [9.17, 15) is 4.79 Å². The van der Waals surface area contributed by atoms with Gasteiger partial charge in [-0.05, 0) is 57.1 Å². The Bertz CT molecular complexity index is 993. The molecule has 1 N–H and O–H groups in total. The van der Waals surface area contributed by atoms with E-state index >= 15 is 0 Å². The third-order valence-electron chi connectivity index (χ3n) is 4.82. The summed E-state index contributed by atoms with van der Waals surface area (Å²) in [7, 11) is 2.10. The number of aromatic amines is 1. The molecule has 1 aliphatic heterocycles. The Kier molecular flexibility index (Phi) is 4.09. The van der Waals surface area contributed by atoms with Crippen molar-refractivity contribution in [3.8, 4) is 5.69 Å². The molecule has 0 aliphatic carbocycles. The van der Waals surface area contributed by atoms with Crippen LogP contribution in [0.5, 0.6) is 0 Å². The predicted octanol–water partition coefficient (Wildman–Crippen LogP) is 2.88. The van der Waals surface area contributed by atoms with Gasteiger partial charge in [-0.15, -0.1) is 5.10 Å². The fourth-order valence-corrected chi connectivity index (χ4v) is 3.74. The van der Waals surface area contributed by atoms with Crippen molar-refractivity contribution in [3.63, 3.8) is 0 Å². The molecular weight excluding hydrogens is 338 g/mol. The van der Waals surface area contributed by atoms with E-state index in [2.05, 4.69) is 27.0 Å². The zero-order valence-corrected chi connectivity index (χ0v) is 15.0. The molecule has 4 rings (SSSR count). The van der Waals surface area contributed by atoms with Gasteiger partial charge >= 0.3 is 0 Å². The number of fused-ring (bicyclic) bond motifs is 1. The van der Waals surface area contributed by atoms with Gasteiger partial charge in [0.25, 0.3) is 5.56 Å². The van der Waals surface area contributed by atoms with Crippen LogP contribution in [-0.2, 0) is 0 Å². The number of H-pyrrole nitrogens is 1. The van der Waals surface area contributed by atoms with Gasteiger partial charge in [-0.1, -0.05) is 11.6 Å². The quantitative estimate of drug-likeness (QED) is 0.765. The van der Waals surface area contributed by atoms with Gasteiger partial charge in [-0.25, -0.2) is 9.67 Å². The summed E-state index contributed by atoms with van der Waals surface area (Å²) in [4.78, 5) is 22.4. The Morgan fingerprint density at radius 1 is 1.36 bits per heavy atom. The summed E-state index contributed by atoms with van der Waals surface area (Å²) in [6, 6.07) is 5.59. The second-order valence-corrected chi connectivity index (χ2v) is 7.23. The molecule has 130 valence electrons. The Balaban J connectivity index is 1.78. The molecule has 7 heteroatoms. The van der Waals surface area contributed by atoms with Crippen LogP contribution in [0.2, 0.25) is 5.02 Å². The van der Waals surface area contributed by atoms with E-state index in [0.29, 0.717) is 16.1 Å². The first-order valence-electron chi connectivity index (χ1n) is 8.46. The lowest BCUT2D eigenvalue weighted by Crippen LogP contribution is -2.32. The smallest absolute Gasteiger partial charge is 0.262 e. The largest absolute Gasteiger partial charge is 0.310 e. The highest BCUT2D eigenvalue weighted by atomic mass is 35.5. The second-order valence-electron chi connectivity index (χ2n) is 6.79. The molecule has 3 heterocycles. The molecule has 0 spiro atoms. The molecule has 1 saturated heterocycles. The van der Waals surface area contributed by atoms with E-state index in [1.54, 1.807) is 10.9 Å². The SMILES string of the molecule is Cc1cc(Cl)ccc1-n1cc2c(=O)[nH]c(C3CCCN(C)C3)nc2n1. The predicted molar refractivity (Wildman–Crippen MR) is 98.7 cm³/mol. The number of nitrogens with zero attached hydrogens (tertiary/aromatic N) is 4. The third-order valence-corrected chi connectivity index (χ3v) is 5.06. The third kappa shape index (κ3) is 3.07. The highest BCUT2D eigenvalue weighted by Gasteiger charge is 2.22. The molecule has 3 aromatic rings. The molecule has 6 nitrogen and oxygen atoms in total. The maximum atomic E-state index is 12.5. The van der Waals surface area contributed by atoms with Gasteiger partial charge in [0.1, 0.15) is 11.2 Å². The number of aromatic nitrogens is 4. The van der Waals surface area contributed by atoms with Gasteiger partial charge < -0.3 is 9.88 Å². The van der Waals surface area contributed by atoms with Crippen molar-refractivity contribution in [2.75, 3.05) is 20.1 Å². The van der Waals surface area contributed by atoms with Gasteiger partial charge in [-0.2, -0.15) is 0 Å². The van der Waals surface area contributed by atoms with E-state index in [4.69, 9.17) is 11.6 Å². The van der Waals surface area contributed by atoms with Crippen molar-refractivity contribution in [1.29, 1.82) is 0 Å². The number of hydrogen-bond acceptors (Lipinski definition) is 4. The number of likely N-dealkylation sites (tertiary alicyclic amines) is 1. The number of halogens is 1. The number of rotatable bonds is 2. The average molecular weight is 358 g/mol. The lowest BCUT2D eigenvalue weighted by atomic mass is 9.97. The van der Waals surface area contributed by atoms with Crippen molar-refractivity contribution in [2.24, 2.45) is 0 Å². The number of benzene rings is 1. The summed E-state index contributed by atoms with van der Waals surface area (Å²) in [5.41, 5.74) is 2.24. The Labute approximate surface area is 150 Å². The summed E-state index contributed by atoms with van der Waals surface area (Å²) >= 11 is 6.03.